The van der Waals surface area contributed by atoms with Gasteiger partial charge in [0.05, 0.1) is 11.6 Å². The summed E-state index contributed by atoms with van der Waals surface area (Å²) in [4.78, 5) is 12.6. The Labute approximate surface area is 110 Å². The molecular formula is C13H15ClFNO2. The van der Waals surface area contributed by atoms with Gasteiger partial charge in [-0.3, -0.25) is 9.69 Å². The van der Waals surface area contributed by atoms with E-state index in [9.17, 15) is 9.18 Å². The van der Waals surface area contributed by atoms with Crippen LogP contribution in [0, 0.1) is 11.7 Å². The zero-order valence-electron chi connectivity index (χ0n) is 9.90. The normalized spacial score (nSPS) is 15.1. The van der Waals surface area contributed by atoms with Crippen LogP contribution in [-0.2, 0) is 11.3 Å². The van der Waals surface area contributed by atoms with Crippen molar-refractivity contribution in [1.82, 2.24) is 4.90 Å². The highest BCUT2D eigenvalue weighted by Crippen LogP contribution is 2.30. The van der Waals surface area contributed by atoms with Gasteiger partial charge in [0, 0.05) is 18.7 Å². The van der Waals surface area contributed by atoms with E-state index in [0.717, 1.165) is 12.8 Å². The Bertz CT molecular complexity index is 449. The highest BCUT2D eigenvalue weighted by molar-refractivity contribution is 6.30. The van der Waals surface area contributed by atoms with Crippen molar-refractivity contribution >= 4 is 17.6 Å². The van der Waals surface area contributed by atoms with E-state index in [-0.39, 0.29) is 18.1 Å². The smallest absolute Gasteiger partial charge is 0.317 e. The molecule has 1 N–H and O–H groups in total. The summed E-state index contributed by atoms with van der Waals surface area (Å²) in [5, 5.41) is 8.94. The Morgan fingerprint density at radius 2 is 2.22 bits per heavy atom. The zero-order chi connectivity index (χ0) is 13.1. The Balaban J connectivity index is 2.06. The maximum absolute atomic E-state index is 13.7. The van der Waals surface area contributed by atoms with Crippen LogP contribution >= 0.6 is 11.6 Å². The third kappa shape index (κ3) is 3.68. The molecule has 1 aliphatic carbocycles. The Hall–Kier alpha value is -1.13. The van der Waals surface area contributed by atoms with Crippen LogP contribution in [0.25, 0.3) is 0 Å². The first-order chi connectivity index (χ1) is 8.56. The minimum atomic E-state index is -0.891. The molecule has 1 aromatic carbocycles. The molecule has 0 unspecified atom stereocenters. The molecule has 0 heterocycles. The number of halogens is 2. The lowest BCUT2D eigenvalue weighted by atomic mass is 10.2. The molecule has 1 aromatic rings. The average Bonchev–Trinajstić information content (AvgIpc) is 3.07. The van der Waals surface area contributed by atoms with Crippen LogP contribution in [0.5, 0.6) is 0 Å². The van der Waals surface area contributed by atoms with Crippen LogP contribution in [0.2, 0.25) is 5.02 Å². The van der Waals surface area contributed by atoms with Gasteiger partial charge in [-0.2, -0.15) is 0 Å². The molecule has 98 valence electrons. The maximum atomic E-state index is 13.7. The van der Waals surface area contributed by atoms with Gasteiger partial charge in [0.2, 0.25) is 0 Å². The van der Waals surface area contributed by atoms with Gasteiger partial charge in [0.1, 0.15) is 5.82 Å². The van der Waals surface area contributed by atoms with E-state index in [1.54, 1.807) is 17.0 Å². The highest BCUT2D eigenvalue weighted by Gasteiger charge is 2.25. The summed E-state index contributed by atoms with van der Waals surface area (Å²) in [6.45, 7) is 0.926. The quantitative estimate of drug-likeness (QED) is 0.865. The SMILES string of the molecule is O=C(O)CN(Cc1cccc(Cl)c1F)CC1CC1. The van der Waals surface area contributed by atoms with Crippen molar-refractivity contribution in [2.45, 2.75) is 19.4 Å². The van der Waals surface area contributed by atoms with Crippen molar-refractivity contribution in [2.24, 2.45) is 5.92 Å². The fourth-order valence-electron chi connectivity index (χ4n) is 1.95. The van der Waals surface area contributed by atoms with Crippen LogP contribution < -0.4 is 0 Å². The van der Waals surface area contributed by atoms with Gasteiger partial charge in [-0.05, 0) is 24.8 Å². The summed E-state index contributed by atoms with van der Waals surface area (Å²) in [7, 11) is 0. The molecule has 0 spiro atoms. The van der Waals surface area contributed by atoms with E-state index in [0.29, 0.717) is 18.0 Å². The molecule has 0 aliphatic heterocycles. The molecule has 3 nitrogen and oxygen atoms in total. The molecule has 1 aliphatic rings. The molecule has 5 heteroatoms. The summed E-state index contributed by atoms with van der Waals surface area (Å²) >= 11 is 5.71. The zero-order valence-corrected chi connectivity index (χ0v) is 10.7. The fourth-order valence-corrected chi connectivity index (χ4v) is 2.15. The molecule has 1 fully saturated rings. The summed E-state index contributed by atoms with van der Waals surface area (Å²) < 4.78 is 13.7. The van der Waals surface area contributed by atoms with Crippen molar-refractivity contribution in [2.75, 3.05) is 13.1 Å². The minimum absolute atomic E-state index is 0.0670. The number of carbonyl (C=O) groups is 1. The Morgan fingerprint density at radius 3 is 2.83 bits per heavy atom. The molecular weight excluding hydrogens is 257 g/mol. The topological polar surface area (TPSA) is 40.5 Å². The van der Waals surface area contributed by atoms with E-state index < -0.39 is 11.8 Å². The molecule has 1 saturated carbocycles. The predicted molar refractivity (Wildman–Crippen MR) is 67.0 cm³/mol. The van der Waals surface area contributed by atoms with E-state index in [4.69, 9.17) is 16.7 Å². The number of benzene rings is 1. The lowest BCUT2D eigenvalue weighted by Gasteiger charge is -2.20. The third-order valence-electron chi connectivity index (χ3n) is 3.00. The van der Waals surface area contributed by atoms with Crippen molar-refractivity contribution in [3.8, 4) is 0 Å². The van der Waals surface area contributed by atoms with Gasteiger partial charge in [0.15, 0.2) is 0 Å². The van der Waals surface area contributed by atoms with Crippen LogP contribution in [0.1, 0.15) is 18.4 Å². The first-order valence-corrected chi connectivity index (χ1v) is 6.31. The molecule has 0 bridgehead atoms. The first-order valence-electron chi connectivity index (χ1n) is 5.93. The number of carboxylic acids is 1. The van der Waals surface area contributed by atoms with E-state index in [1.165, 1.54) is 6.07 Å². The third-order valence-corrected chi connectivity index (χ3v) is 3.29. The van der Waals surface area contributed by atoms with Crippen LogP contribution in [0.4, 0.5) is 4.39 Å². The Kier molecular flexibility index (Phi) is 4.19. The number of aliphatic carboxylic acids is 1. The van der Waals surface area contributed by atoms with Crippen LogP contribution in [-0.4, -0.2) is 29.1 Å². The first kappa shape index (κ1) is 13.3. The second-order valence-corrected chi connectivity index (χ2v) is 5.13. The summed E-state index contributed by atoms with van der Waals surface area (Å²) in [6.07, 6.45) is 2.27. The number of hydrogen-bond acceptors (Lipinski definition) is 2. The van der Waals surface area contributed by atoms with Gasteiger partial charge in [-0.25, -0.2) is 4.39 Å². The lowest BCUT2D eigenvalue weighted by molar-refractivity contribution is -0.138. The summed E-state index contributed by atoms with van der Waals surface area (Å²) in [5.74, 6) is -0.782. The molecule has 0 amide bonds. The predicted octanol–water partition coefficient (Wildman–Crippen LogP) is 2.78. The van der Waals surface area contributed by atoms with Gasteiger partial charge in [0.25, 0.3) is 0 Å². The second-order valence-electron chi connectivity index (χ2n) is 4.72. The number of hydrogen-bond donors (Lipinski definition) is 1. The number of carboxylic acid groups (broad SMARTS) is 1. The van der Waals surface area contributed by atoms with Crippen LogP contribution in [0.3, 0.4) is 0 Å². The highest BCUT2D eigenvalue weighted by atomic mass is 35.5. The fraction of sp³-hybridized carbons (Fsp3) is 0.462. The van der Waals surface area contributed by atoms with Crippen molar-refractivity contribution in [1.29, 1.82) is 0 Å². The molecule has 2 rings (SSSR count). The van der Waals surface area contributed by atoms with Gasteiger partial charge in [-0.1, -0.05) is 23.7 Å². The van der Waals surface area contributed by atoms with E-state index >= 15 is 0 Å². The minimum Gasteiger partial charge on any atom is -0.480 e. The van der Waals surface area contributed by atoms with Gasteiger partial charge in [-0.15, -0.1) is 0 Å². The van der Waals surface area contributed by atoms with Crippen molar-refractivity contribution in [3.05, 3.63) is 34.6 Å². The summed E-state index contributed by atoms with van der Waals surface area (Å²) in [6, 6.07) is 4.81. The molecule has 18 heavy (non-hydrogen) atoms. The average molecular weight is 272 g/mol. The van der Waals surface area contributed by atoms with E-state index in [1.807, 2.05) is 0 Å². The molecule has 0 aromatic heterocycles. The van der Waals surface area contributed by atoms with Crippen LogP contribution in [0.15, 0.2) is 18.2 Å². The summed E-state index contributed by atoms with van der Waals surface area (Å²) in [5.41, 5.74) is 0.449. The van der Waals surface area contributed by atoms with E-state index in [2.05, 4.69) is 0 Å². The van der Waals surface area contributed by atoms with Gasteiger partial charge < -0.3 is 5.11 Å². The second kappa shape index (κ2) is 5.67. The van der Waals surface area contributed by atoms with Crippen molar-refractivity contribution in [3.63, 3.8) is 0 Å². The maximum Gasteiger partial charge on any atom is 0.317 e. The monoisotopic (exact) mass is 271 g/mol. The molecule has 0 saturated heterocycles. The molecule has 0 atom stereocenters. The lowest BCUT2D eigenvalue weighted by Crippen LogP contribution is -2.31. The van der Waals surface area contributed by atoms with Gasteiger partial charge >= 0.3 is 5.97 Å². The Morgan fingerprint density at radius 1 is 1.50 bits per heavy atom. The molecule has 0 radical (unpaired) electrons. The standard InChI is InChI=1S/C13H15ClFNO2/c14-11-3-1-2-10(13(11)15)7-16(8-12(17)18)6-9-4-5-9/h1-3,9H,4-8H2,(H,17,18). The largest absolute Gasteiger partial charge is 0.480 e. The van der Waals surface area contributed by atoms with Crippen molar-refractivity contribution < 1.29 is 14.3 Å². The number of nitrogens with zero attached hydrogens (tertiary/aromatic N) is 1. The number of rotatable bonds is 6.